The summed E-state index contributed by atoms with van der Waals surface area (Å²) in [7, 11) is 1.20. The smallest absolute Gasteiger partial charge is 0.308 e. The van der Waals surface area contributed by atoms with Crippen LogP contribution in [0.3, 0.4) is 0 Å². The Bertz CT molecular complexity index is 1080. The SMILES string of the molecule is C#CCN1C(=O)c2cc(Oc3cc(C)cc(C)c3)c(N)cc2NC(=O)[C@@H]1CC(=O)OC. The topological polar surface area (TPSA) is 111 Å². The van der Waals surface area contributed by atoms with E-state index in [-0.39, 0.29) is 35.7 Å². The lowest BCUT2D eigenvalue weighted by atomic mass is 10.1. The Kier molecular flexibility index (Phi) is 6.16. The Hall–Kier alpha value is -3.99. The molecule has 0 unspecified atom stereocenters. The molecule has 1 atom stereocenters. The largest absolute Gasteiger partial charge is 0.469 e. The summed E-state index contributed by atoms with van der Waals surface area (Å²) in [6, 6.07) is 7.50. The summed E-state index contributed by atoms with van der Waals surface area (Å²) in [6.45, 7) is 3.72. The van der Waals surface area contributed by atoms with Crippen molar-refractivity contribution >= 4 is 29.2 Å². The number of fused-ring (bicyclic) bond motifs is 1. The zero-order valence-electron chi connectivity index (χ0n) is 17.5. The zero-order valence-corrected chi connectivity index (χ0v) is 17.5. The number of aryl methyl sites for hydroxylation is 2. The minimum absolute atomic E-state index is 0.157. The maximum Gasteiger partial charge on any atom is 0.308 e. The first kappa shape index (κ1) is 21.7. The summed E-state index contributed by atoms with van der Waals surface area (Å²) in [5, 5.41) is 2.66. The Morgan fingerprint density at radius 2 is 1.87 bits per heavy atom. The second kappa shape index (κ2) is 8.79. The average Bonchev–Trinajstić information content (AvgIpc) is 2.78. The number of carbonyl (C=O) groups excluding carboxylic acids is 3. The molecule has 0 aliphatic carbocycles. The summed E-state index contributed by atoms with van der Waals surface area (Å²) in [6.07, 6.45) is 5.08. The summed E-state index contributed by atoms with van der Waals surface area (Å²) >= 11 is 0. The Morgan fingerprint density at radius 3 is 2.48 bits per heavy atom. The summed E-state index contributed by atoms with van der Waals surface area (Å²) < 4.78 is 10.6. The molecular formula is C23H23N3O5. The van der Waals surface area contributed by atoms with E-state index >= 15 is 0 Å². The van der Waals surface area contributed by atoms with Crippen LogP contribution in [0, 0.1) is 26.2 Å². The van der Waals surface area contributed by atoms with Gasteiger partial charge < -0.3 is 25.4 Å². The number of nitrogens with zero attached hydrogens (tertiary/aromatic N) is 1. The third-order valence-electron chi connectivity index (χ3n) is 4.85. The van der Waals surface area contributed by atoms with Gasteiger partial charge in [-0.3, -0.25) is 14.4 Å². The second-order valence-corrected chi connectivity index (χ2v) is 7.28. The van der Waals surface area contributed by atoms with Crippen molar-refractivity contribution in [1.29, 1.82) is 0 Å². The fourth-order valence-electron chi connectivity index (χ4n) is 3.46. The number of nitrogens with two attached hydrogens (primary N) is 1. The van der Waals surface area contributed by atoms with Crippen molar-refractivity contribution in [3.05, 3.63) is 47.0 Å². The molecule has 0 saturated carbocycles. The molecule has 3 N–H and O–H groups in total. The Morgan fingerprint density at radius 1 is 1.19 bits per heavy atom. The van der Waals surface area contributed by atoms with E-state index in [0.717, 1.165) is 16.0 Å². The van der Waals surface area contributed by atoms with Crippen LogP contribution in [0.4, 0.5) is 11.4 Å². The van der Waals surface area contributed by atoms with Crippen LogP contribution in [-0.4, -0.2) is 42.4 Å². The number of terminal acetylenes is 1. The highest BCUT2D eigenvalue weighted by atomic mass is 16.5. The first-order valence-electron chi connectivity index (χ1n) is 9.55. The molecule has 0 radical (unpaired) electrons. The van der Waals surface area contributed by atoms with Crippen LogP contribution in [0.25, 0.3) is 0 Å². The van der Waals surface area contributed by atoms with E-state index in [2.05, 4.69) is 16.0 Å². The minimum Gasteiger partial charge on any atom is -0.469 e. The standard InChI is InChI=1S/C23H23N3O5/c1-5-6-26-19(12-21(27)30-4)22(28)25-18-11-17(24)20(10-16(18)23(26)29)31-15-8-13(2)7-14(3)9-15/h1,7-11,19H,6,12,24H2,2-4H3,(H,25,28)/t19-/m0/s1. The van der Waals surface area contributed by atoms with Crippen LogP contribution < -0.4 is 15.8 Å². The van der Waals surface area contributed by atoms with Crippen LogP contribution in [0.15, 0.2) is 30.3 Å². The molecule has 31 heavy (non-hydrogen) atoms. The molecule has 8 heteroatoms. The van der Waals surface area contributed by atoms with Crippen LogP contribution in [0.2, 0.25) is 0 Å². The van der Waals surface area contributed by atoms with Crippen LogP contribution in [0.1, 0.15) is 27.9 Å². The molecule has 2 amide bonds. The van der Waals surface area contributed by atoms with Crippen LogP contribution >= 0.6 is 0 Å². The molecule has 0 aromatic heterocycles. The van der Waals surface area contributed by atoms with Crippen molar-refractivity contribution < 1.29 is 23.9 Å². The highest BCUT2D eigenvalue weighted by molar-refractivity contribution is 6.11. The van der Waals surface area contributed by atoms with Crippen LogP contribution in [-0.2, 0) is 14.3 Å². The predicted molar refractivity (Wildman–Crippen MR) is 116 cm³/mol. The molecule has 2 aromatic carbocycles. The Balaban J connectivity index is 2.03. The molecule has 3 rings (SSSR count). The molecule has 0 saturated heterocycles. The summed E-state index contributed by atoms with van der Waals surface area (Å²) in [4.78, 5) is 39.0. The van der Waals surface area contributed by atoms with Gasteiger partial charge in [0.05, 0.1) is 37.0 Å². The van der Waals surface area contributed by atoms with Crippen molar-refractivity contribution in [2.45, 2.75) is 26.3 Å². The minimum atomic E-state index is -1.12. The zero-order chi connectivity index (χ0) is 22.7. The molecule has 2 aromatic rings. The molecule has 0 bridgehead atoms. The number of methoxy groups -OCH3 is 1. The lowest BCUT2D eigenvalue weighted by molar-refractivity contribution is -0.143. The number of hydrogen-bond donors (Lipinski definition) is 2. The van der Waals surface area contributed by atoms with Crippen molar-refractivity contribution in [2.24, 2.45) is 0 Å². The number of ether oxygens (including phenoxy) is 2. The van der Waals surface area contributed by atoms with Gasteiger partial charge in [-0.05, 0) is 49.2 Å². The van der Waals surface area contributed by atoms with E-state index < -0.39 is 23.8 Å². The van der Waals surface area contributed by atoms with Gasteiger partial charge >= 0.3 is 5.97 Å². The lowest BCUT2D eigenvalue weighted by Crippen LogP contribution is -2.46. The molecule has 0 spiro atoms. The molecule has 160 valence electrons. The van der Waals surface area contributed by atoms with Gasteiger partial charge in [0, 0.05) is 0 Å². The van der Waals surface area contributed by atoms with E-state index in [1.54, 1.807) is 0 Å². The number of nitrogens with one attached hydrogen (secondary N) is 1. The molecule has 1 aliphatic rings. The third-order valence-corrected chi connectivity index (χ3v) is 4.85. The number of anilines is 2. The summed E-state index contributed by atoms with van der Waals surface area (Å²) in [5.74, 6) is 1.47. The van der Waals surface area contributed by atoms with E-state index in [9.17, 15) is 14.4 Å². The quantitative estimate of drug-likeness (QED) is 0.436. The maximum absolute atomic E-state index is 13.3. The third kappa shape index (κ3) is 4.61. The van der Waals surface area contributed by atoms with Gasteiger partial charge in [0.25, 0.3) is 5.91 Å². The summed E-state index contributed by atoms with van der Waals surface area (Å²) in [5.41, 5.74) is 8.77. The van der Waals surface area contributed by atoms with Crippen molar-refractivity contribution in [2.75, 3.05) is 24.7 Å². The number of benzene rings is 2. The molecule has 8 nitrogen and oxygen atoms in total. The average molecular weight is 421 g/mol. The molecule has 1 aliphatic heterocycles. The van der Waals surface area contributed by atoms with Crippen LogP contribution in [0.5, 0.6) is 11.5 Å². The van der Waals surface area contributed by atoms with Gasteiger partial charge in [-0.15, -0.1) is 6.42 Å². The fourth-order valence-corrected chi connectivity index (χ4v) is 3.46. The van der Waals surface area contributed by atoms with Gasteiger partial charge in [-0.2, -0.15) is 0 Å². The van der Waals surface area contributed by atoms with Gasteiger partial charge in [-0.1, -0.05) is 12.0 Å². The van der Waals surface area contributed by atoms with Gasteiger partial charge in [0.15, 0.2) is 5.75 Å². The first-order chi connectivity index (χ1) is 14.7. The van der Waals surface area contributed by atoms with E-state index in [1.807, 2.05) is 32.0 Å². The number of rotatable bonds is 5. The van der Waals surface area contributed by atoms with Crippen molar-refractivity contribution in [3.63, 3.8) is 0 Å². The maximum atomic E-state index is 13.3. The van der Waals surface area contributed by atoms with Gasteiger partial charge in [-0.25, -0.2) is 0 Å². The second-order valence-electron chi connectivity index (χ2n) is 7.28. The number of carbonyl (C=O) groups is 3. The van der Waals surface area contributed by atoms with Crippen molar-refractivity contribution in [3.8, 4) is 23.8 Å². The number of esters is 1. The lowest BCUT2D eigenvalue weighted by Gasteiger charge is -2.26. The highest BCUT2D eigenvalue weighted by Gasteiger charge is 2.37. The van der Waals surface area contributed by atoms with E-state index in [4.69, 9.17) is 16.9 Å². The number of amides is 2. The normalized spacial score (nSPS) is 15.4. The molecule has 1 heterocycles. The number of nitrogen functional groups attached to an aromatic ring is 1. The van der Waals surface area contributed by atoms with Gasteiger partial charge in [0.1, 0.15) is 11.8 Å². The van der Waals surface area contributed by atoms with E-state index in [1.165, 1.54) is 19.2 Å². The molecule has 0 fully saturated rings. The Labute approximate surface area is 180 Å². The first-order valence-corrected chi connectivity index (χ1v) is 9.55. The van der Waals surface area contributed by atoms with E-state index in [0.29, 0.717) is 5.75 Å². The monoisotopic (exact) mass is 421 g/mol. The number of hydrogen-bond acceptors (Lipinski definition) is 6. The predicted octanol–water partition coefficient (Wildman–Crippen LogP) is 2.64. The van der Waals surface area contributed by atoms with Gasteiger partial charge in [0.2, 0.25) is 5.91 Å². The van der Waals surface area contributed by atoms with Crippen molar-refractivity contribution in [1.82, 2.24) is 4.90 Å². The molecular weight excluding hydrogens is 398 g/mol. The fraction of sp³-hybridized carbons (Fsp3) is 0.261. The highest BCUT2D eigenvalue weighted by Crippen LogP contribution is 2.36.